The van der Waals surface area contributed by atoms with Crippen molar-refractivity contribution < 1.29 is 40.8 Å². The summed E-state index contributed by atoms with van der Waals surface area (Å²) in [5, 5.41) is 10.0. The third-order valence-electron chi connectivity index (χ3n) is 5.55. The number of nitrogens with zero attached hydrogens (tertiary/aromatic N) is 1. The van der Waals surface area contributed by atoms with Crippen LogP contribution in [0.25, 0.3) is 0 Å². The van der Waals surface area contributed by atoms with Crippen LogP contribution < -0.4 is 0 Å². The van der Waals surface area contributed by atoms with Gasteiger partial charge in [0, 0.05) is 0 Å². The summed E-state index contributed by atoms with van der Waals surface area (Å²) >= 11 is 0. The fraction of sp³-hybridized carbons (Fsp3) is 0.929. The smallest absolute Gasteiger partial charge is 0.454 e. The van der Waals surface area contributed by atoms with Crippen molar-refractivity contribution in [2.24, 2.45) is 17.8 Å². The van der Waals surface area contributed by atoms with E-state index in [0.29, 0.717) is 0 Å². The van der Waals surface area contributed by atoms with Gasteiger partial charge < -0.3 is 4.74 Å². The molecular formula is C14H15F6NO4. The molecule has 4 rings (SSSR count). The number of hydrogen-bond donors (Lipinski definition) is 0. The van der Waals surface area contributed by atoms with Crippen LogP contribution in [0.5, 0.6) is 0 Å². The summed E-state index contributed by atoms with van der Waals surface area (Å²) in [5.74, 6) is -15.0. The number of alkyl halides is 6. The summed E-state index contributed by atoms with van der Waals surface area (Å²) in [6.07, 6.45) is 3.17. The van der Waals surface area contributed by atoms with E-state index in [4.69, 9.17) is 0 Å². The Morgan fingerprint density at radius 1 is 0.960 bits per heavy atom. The van der Waals surface area contributed by atoms with E-state index in [9.17, 15) is 41.3 Å². The maximum Gasteiger partial charge on any atom is 0.583 e. The van der Waals surface area contributed by atoms with E-state index in [2.05, 4.69) is 4.74 Å². The summed E-state index contributed by atoms with van der Waals surface area (Å²) in [6.45, 7) is 0. The zero-order valence-corrected chi connectivity index (χ0v) is 12.8. The first-order valence-electron chi connectivity index (χ1n) is 7.82. The SMILES string of the molecule is O=C(OC12CC3CC(CC(C3)C1)C2)C(F)(F)C(F)(F)C(F)(F)[N+](=O)[O-]. The minimum Gasteiger partial charge on any atom is -0.454 e. The lowest BCUT2D eigenvalue weighted by Gasteiger charge is -2.55. The topological polar surface area (TPSA) is 69.4 Å². The van der Waals surface area contributed by atoms with E-state index < -0.39 is 34.4 Å². The second-order valence-electron chi connectivity index (χ2n) is 7.44. The van der Waals surface area contributed by atoms with Crippen LogP contribution in [0.2, 0.25) is 0 Å². The van der Waals surface area contributed by atoms with Crippen LogP contribution in [-0.2, 0) is 9.53 Å². The summed E-state index contributed by atoms with van der Waals surface area (Å²) in [7, 11) is 0. The van der Waals surface area contributed by atoms with E-state index in [1.165, 1.54) is 0 Å². The molecular weight excluding hydrogens is 360 g/mol. The average molecular weight is 375 g/mol. The minimum atomic E-state index is -6.51. The lowest BCUT2D eigenvalue weighted by atomic mass is 9.54. The van der Waals surface area contributed by atoms with Gasteiger partial charge in [-0.2, -0.15) is 17.6 Å². The molecule has 4 bridgehead atoms. The third-order valence-corrected chi connectivity index (χ3v) is 5.55. The molecule has 0 radical (unpaired) electrons. The van der Waals surface area contributed by atoms with Crippen LogP contribution in [0.1, 0.15) is 38.5 Å². The van der Waals surface area contributed by atoms with Gasteiger partial charge in [-0.1, -0.05) is 0 Å². The second-order valence-corrected chi connectivity index (χ2v) is 7.44. The van der Waals surface area contributed by atoms with Gasteiger partial charge in [0.25, 0.3) is 0 Å². The molecule has 0 aliphatic heterocycles. The Balaban J connectivity index is 1.81. The number of esters is 1. The van der Waals surface area contributed by atoms with Crippen molar-refractivity contribution in [2.75, 3.05) is 0 Å². The molecule has 0 aromatic heterocycles. The van der Waals surface area contributed by atoms with Crippen molar-refractivity contribution in [3.63, 3.8) is 0 Å². The molecule has 0 saturated heterocycles. The molecule has 142 valence electrons. The predicted octanol–water partition coefficient (Wildman–Crippen LogP) is 3.64. The lowest BCUT2D eigenvalue weighted by Crippen LogP contribution is -2.63. The van der Waals surface area contributed by atoms with Crippen LogP contribution in [-0.4, -0.2) is 34.4 Å². The zero-order chi connectivity index (χ0) is 18.8. The highest BCUT2D eigenvalue weighted by Crippen LogP contribution is 2.58. The van der Waals surface area contributed by atoms with Gasteiger partial charge >= 0.3 is 23.9 Å². The normalized spacial score (nSPS) is 34.9. The molecule has 4 aliphatic rings. The Morgan fingerprint density at radius 3 is 1.72 bits per heavy atom. The van der Waals surface area contributed by atoms with Crippen LogP contribution in [0, 0.1) is 27.9 Å². The first kappa shape index (κ1) is 18.2. The van der Waals surface area contributed by atoms with Crippen LogP contribution in [0.15, 0.2) is 0 Å². The highest BCUT2D eigenvalue weighted by Gasteiger charge is 2.84. The fourth-order valence-electron chi connectivity index (χ4n) is 4.85. The number of hydrogen-bond acceptors (Lipinski definition) is 4. The van der Waals surface area contributed by atoms with Gasteiger partial charge in [-0.15, -0.1) is 8.78 Å². The van der Waals surface area contributed by atoms with Gasteiger partial charge in [0.2, 0.25) is 0 Å². The molecule has 0 spiro atoms. The van der Waals surface area contributed by atoms with E-state index in [1.54, 1.807) is 0 Å². The Hall–Kier alpha value is -1.55. The summed E-state index contributed by atoms with van der Waals surface area (Å²) in [4.78, 5) is 18.9. The monoisotopic (exact) mass is 375 g/mol. The number of halogens is 6. The number of rotatable bonds is 5. The van der Waals surface area contributed by atoms with Crippen molar-refractivity contribution in [3.8, 4) is 0 Å². The van der Waals surface area contributed by atoms with Crippen molar-refractivity contribution in [1.29, 1.82) is 0 Å². The molecule has 0 N–H and O–H groups in total. The molecule has 0 aromatic rings. The van der Waals surface area contributed by atoms with Gasteiger partial charge in [0.05, 0.1) is 0 Å². The van der Waals surface area contributed by atoms with Crippen molar-refractivity contribution in [2.45, 2.75) is 62.0 Å². The summed E-state index contributed by atoms with van der Waals surface area (Å²) in [5.41, 5.74) is -1.37. The summed E-state index contributed by atoms with van der Waals surface area (Å²) in [6, 6.07) is -6.31. The minimum absolute atomic E-state index is 0.119. The standard InChI is InChI=1S/C14H15F6NO4/c15-12(16,13(17,18)14(19,20)21(23)24)10(22)25-11-4-7-1-8(5-11)3-9(2-7)6-11/h7-9H,1-6H2. The number of ether oxygens (including phenoxy) is 1. The number of carbonyl (C=O) groups is 1. The zero-order valence-electron chi connectivity index (χ0n) is 12.8. The van der Waals surface area contributed by atoms with Crippen LogP contribution in [0.3, 0.4) is 0 Å². The molecule has 0 amide bonds. The number of carbonyl (C=O) groups excluding carboxylic acids is 1. The highest BCUT2D eigenvalue weighted by atomic mass is 19.3. The average Bonchev–Trinajstić information content (AvgIpc) is 2.44. The van der Waals surface area contributed by atoms with Crippen molar-refractivity contribution >= 4 is 5.97 Å². The molecule has 4 saturated carbocycles. The molecule has 0 atom stereocenters. The maximum absolute atomic E-state index is 13.7. The van der Waals surface area contributed by atoms with E-state index in [-0.39, 0.29) is 37.0 Å². The lowest BCUT2D eigenvalue weighted by molar-refractivity contribution is -0.682. The van der Waals surface area contributed by atoms with Crippen molar-refractivity contribution in [1.82, 2.24) is 0 Å². The molecule has 0 unspecified atom stereocenters. The quantitative estimate of drug-likeness (QED) is 0.242. The molecule has 4 aliphatic carbocycles. The first-order chi connectivity index (χ1) is 11.3. The third kappa shape index (κ3) is 2.57. The Labute approximate surface area is 137 Å². The number of nitro groups is 1. The van der Waals surface area contributed by atoms with E-state index in [1.807, 2.05) is 0 Å². The van der Waals surface area contributed by atoms with Gasteiger partial charge in [-0.25, -0.2) is 4.79 Å². The Bertz CT molecular complexity index is 573. The molecule has 0 aromatic carbocycles. The molecule has 0 heterocycles. The Morgan fingerprint density at radius 2 is 1.36 bits per heavy atom. The van der Waals surface area contributed by atoms with Gasteiger partial charge in [-0.3, -0.25) is 10.1 Å². The van der Waals surface area contributed by atoms with Crippen LogP contribution >= 0.6 is 0 Å². The van der Waals surface area contributed by atoms with Gasteiger partial charge in [0.15, 0.2) is 0 Å². The predicted molar refractivity (Wildman–Crippen MR) is 68.8 cm³/mol. The Kier molecular flexibility index (Phi) is 3.82. The van der Waals surface area contributed by atoms with Crippen molar-refractivity contribution in [3.05, 3.63) is 10.1 Å². The molecule has 5 nitrogen and oxygen atoms in total. The second kappa shape index (κ2) is 5.23. The van der Waals surface area contributed by atoms with E-state index in [0.717, 1.165) is 19.3 Å². The van der Waals surface area contributed by atoms with Gasteiger partial charge in [-0.05, 0) is 56.3 Å². The highest BCUT2D eigenvalue weighted by molar-refractivity contribution is 5.79. The molecule has 25 heavy (non-hydrogen) atoms. The molecule has 4 fully saturated rings. The van der Waals surface area contributed by atoms with Gasteiger partial charge in [0.1, 0.15) is 10.5 Å². The van der Waals surface area contributed by atoms with Crippen LogP contribution in [0.4, 0.5) is 26.3 Å². The first-order valence-corrected chi connectivity index (χ1v) is 7.82. The molecule has 11 heteroatoms. The fourth-order valence-corrected chi connectivity index (χ4v) is 4.85. The van der Waals surface area contributed by atoms with E-state index >= 15 is 0 Å². The largest absolute Gasteiger partial charge is 0.583 e. The maximum atomic E-state index is 13.7. The summed E-state index contributed by atoms with van der Waals surface area (Å²) < 4.78 is 84.8.